The van der Waals surface area contributed by atoms with E-state index in [0.29, 0.717) is 5.75 Å². The van der Waals surface area contributed by atoms with Gasteiger partial charge >= 0.3 is 5.97 Å². The zero-order valence-corrected chi connectivity index (χ0v) is 8.32. The molecule has 15 heavy (non-hydrogen) atoms. The van der Waals surface area contributed by atoms with Crippen LogP contribution in [0.25, 0.3) is 0 Å². The summed E-state index contributed by atoms with van der Waals surface area (Å²) in [6.45, 7) is 0.804. The smallest absolute Gasteiger partial charge is 0.375 e. The lowest BCUT2D eigenvalue weighted by Gasteiger charge is -2.31. The zero-order chi connectivity index (χ0) is 10.6. The number of hydrogen-bond acceptors (Lipinski definition) is 4. The Morgan fingerprint density at radius 1 is 1.60 bits per heavy atom. The van der Waals surface area contributed by atoms with Gasteiger partial charge in [-0.25, -0.2) is 4.79 Å². The lowest BCUT2D eigenvalue weighted by atomic mass is 10.2. The van der Waals surface area contributed by atoms with Crippen LogP contribution in [-0.2, 0) is 0 Å². The van der Waals surface area contributed by atoms with Crippen LogP contribution in [0.4, 0.5) is 5.69 Å². The Labute approximate surface area is 86.2 Å². The van der Waals surface area contributed by atoms with E-state index in [9.17, 15) is 4.79 Å². The molecule has 0 radical (unpaired) electrons. The van der Waals surface area contributed by atoms with Crippen molar-refractivity contribution in [3.8, 4) is 5.75 Å². The molecule has 0 saturated heterocycles. The molecule has 1 saturated carbocycles. The van der Waals surface area contributed by atoms with Crippen molar-refractivity contribution in [2.24, 2.45) is 0 Å². The van der Waals surface area contributed by atoms with E-state index in [0.717, 1.165) is 25.1 Å². The molecule has 2 heterocycles. The first-order valence-electron chi connectivity index (χ1n) is 4.86. The maximum absolute atomic E-state index is 10.9. The van der Waals surface area contributed by atoms with Crippen LogP contribution < -0.4 is 9.64 Å². The Morgan fingerprint density at radius 3 is 2.93 bits per heavy atom. The normalized spacial score (nSPS) is 21.0. The van der Waals surface area contributed by atoms with E-state index in [1.807, 2.05) is 11.9 Å². The topological polar surface area (TPSA) is 62.9 Å². The molecular weight excluding hydrogens is 198 g/mol. The van der Waals surface area contributed by atoms with Gasteiger partial charge in [0, 0.05) is 7.05 Å². The largest absolute Gasteiger partial charge is 0.479 e. The first kappa shape index (κ1) is 8.64. The van der Waals surface area contributed by atoms with E-state index in [4.69, 9.17) is 14.3 Å². The van der Waals surface area contributed by atoms with Crippen molar-refractivity contribution in [2.45, 2.75) is 18.4 Å². The van der Waals surface area contributed by atoms with Crippen LogP contribution >= 0.6 is 0 Å². The summed E-state index contributed by atoms with van der Waals surface area (Å²) in [6, 6.07) is 0. The van der Waals surface area contributed by atoms with Gasteiger partial charge in [-0.15, -0.1) is 0 Å². The van der Waals surface area contributed by atoms with Crippen LogP contribution in [0.1, 0.15) is 23.4 Å². The van der Waals surface area contributed by atoms with Crippen molar-refractivity contribution >= 4 is 11.7 Å². The molecule has 5 nitrogen and oxygen atoms in total. The van der Waals surface area contributed by atoms with Crippen LogP contribution in [-0.4, -0.2) is 30.3 Å². The molecule has 1 spiro atoms. The van der Waals surface area contributed by atoms with Gasteiger partial charge in [0.1, 0.15) is 17.6 Å². The summed E-state index contributed by atoms with van der Waals surface area (Å²) in [4.78, 5) is 12.9. The molecule has 2 aliphatic rings. The third kappa shape index (κ3) is 1.12. The van der Waals surface area contributed by atoms with E-state index in [2.05, 4.69) is 0 Å². The standard InChI is InChI=1S/C10H11NO4/c1-11-5-10(2-3-10)15-7-6(11)4-14-8(7)9(12)13/h4H,2-3,5H2,1H3,(H,12,13). The quantitative estimate of drug-likeness (QED) is 0.756. The monoisotopic (exact) mass is 209 g/mol. The van der Waals surface area contributed by atoms with Gasteiger partial charge in [0.15, 0.2) is 5.75 Å². The summed E-state index contributed by atoms with van der Waals surface area (Å²) >= 11 is 0. The van der Waals surface area contributed by atoms with Gasteiger partial charge in [-0.05, 0) is 12.8 Å². The number of carboxylic acids is 1. The summed E-state index contributed by atoms with van der Waals surface area (Å²) in [5.41, 5.74) is 0.570. The van der Waals surface area contributed by atoms with Gasteiger partial charge in [-0.3, -0.25) is 0 Å². The van der Waals surface area contributed by atoms with E-state index in [1.54, 1.807) is 0 Å². The predicted molar refractivity (Wildman–Crippen MR) is 51.5 cm³/mol. The van der Waals surface area contributed by atoms with E-state index in [-0.39, 0.29) is 11.4 Å². The summed E-state index contributed by atoms with van der Waals surface area (Å²) < 4.78 is 10.7. The van der Waals surface area contributed by atoms with Crippen molar-refractivity contribution in [2.75, 3.05) is 18.5 Å². The number of rotatable bonds is 1. The van der Waals surface area contributed by atoms with Crippen molar-refractivity contribution < 1.29 is 19.1 Å². The lowest BCUT2D eigenvalue weighted by molar-refractivity contribution is 0.0649. The van der Waals surface area contributed by atoms with Crippen LogP contribution in [0.5, 0.6) is 5.75 Å². The molecule has 0 aromatic carbocycles. The number of anilines is 1. The Bertz CT molecular complexity index is 433. The van der Waals surface area contributed by atoms with E-state index < -0.39 is 5.97 Å². The highest BCUT2D eigenvalue weighted by molar-refractivity contribution is 5.90. The number of carbonyl (C=O) groups is 1. The van der Waals surface area contributed by atoms with Gasteiger partial charge in [0.25, 0.3) is 5.76 Å². The molecular formula is C10H11NO4. The summed E-state index contributed by atoms with van der Waals surface area (Å²) in [5.74, 6) is -0.793. The molecule has 0 bridgehead atoms. The Morgan fingerprint density at radius 2 is 2.33 bits per heavy atom. The number of hydrogen-bond donors (Lipinski definition) is 1. The summed E-state index contributed by atoms with van der Waals surface area (Å²) in [6.07, 6.45) is 3.41. The molecule has 1 aliphatic carbocycles. The highest BCUT2D eigenvalue weighted by Gasteiger charge is 2.51. The Hall–Kier alpha value is -1.65. The fourth-order valence-electron chi connectivity index (χ4n) is 2.01. The highest BCUT2D eigenvalue weighted by Crippen LogP contribution is 2.49. The van der Waals surface area contributed by atoms with Crippen molar-refractivity contribution in [3.63, 3.8) is 0 Å². The SMILES string of the molecule is CN1CC2(CC2)Oc2c1coc2C(=O)O. The second-order valence-electron chi connectivity index (χ2n) is 4.23. The number of carboxylic acid groups (broad SMARTS) is 1. The predicted octanol–water partition coefficient (Wildman–Crippen LogP) is 1.34. The number of likely N-dealkylation sites (N-methyl/N-ethyl adjacent to an activating group) is 1. The van der Waals surface area contributed by atoms with Crippen LogP contribution in [0.15, 0.2) is 10.7 Å². The number of fused-ring (bicyclic) bond motifs is 1. The maximum Gasteiger partial charge on any atom is 0.375 e. The fraction of sp³-hybridized carbons (Fsp3) is 0.500. The molecule has 0 atom stereocenters. The molecule has 1 aromatic heterocycles. The van der Waals surface area contributed by atoms with Gasteiger partial charge < -0.3 is 19.2 Å². The van der Waals surface area contributed by atoms with E-state index >= 15 is 0 Å². The molecule has 1 aromatic rings. The van der Waals surface area contributed by atoms with Crippen molar-refractivity contribution in [1.82, 2.24) is 0 Å². The summed E-state index contributed by atoms with van der Waals surface area (Å²) in [5, 5.41) is 8.91. The second-order valence-corrected chi connectivity index (χ2v) is 4.23. The molecule has 80 valence electrons. The van der Waals surface area contributed by atoms with Crippen molar-refractivity contribution in [1.29, 1.82) is 0 Å². The molecule has 1 fully saturated rings. The van der Waals surface area contributed by atoms with Gasteiger partial charge in [-0.2, -0.15) is 0 Å². The lowest BCUT2D eigenvalue weighted by Crippen LogP contribution is -2.39. The molecule has 3 rings (SSSR count). The average molecular weight is 209 g/mol. The third-order valence-corrected chi connectivity index (χ3v) is 2.98. The first-order chi connectivity index (χ1) is 7.11. The Balaban J connectivity index is 2.08. The zero-order valence-electron chi connectivity index (χ0n) is 8.32. The molecule has 5 heteroatoms. The van der Waals surface area contributed by atoms with Gasteiger partial charge in [0.05, 0.1) is 6.54 Å². The highest BCUT2D eigenvalue weighted by atomic mass is 16.5. The summed E-state index contributed by atoms with van der Waals surface area (Å²) in [7, 11) is 1.92. The number of aromatic carboxylic acids is 1. The minimum absolute atomic E-state index is 0.0946. The first-order valence-corrected chi connectivity index (χ1v) is 4.86. The second kappa shape index (κ2) is 2.48. The number of nitrogens with zero attached hydrogens (tertiary/aromatic N) is 1. The van der Waals surface area contributed by atoms with Crippen molar-refractivity contribution in [3.05, 3.63) is 12.0 Å². The van der Waals surface area contributed by atoms with Crippen LogP contribution in [0.2, 0.25) is 0 Å². The van der Waals surface area contributed by atoms with Crippen LogP contribution in [0, 0.1) is 0 Å². The number of ether oxygens (including phenoxy) is 1. The van der Waals surface area contributed by atoms with Gasteiger partial charge in [0.2, 0.25) is 0 Å². The molecule has 1 aliphatic heterocycles. The fourth-order valence-corrected chi connectivity index (χ4v) is 2.01. The minimum atomic E-state index is -1.08. The molecule has 0 amide bonds. The minimum Gasteiger partial charge on any atom is -0.479 e. The molecule has 0 unspecified atom stereocenters. The van der Waals surface area contributed by atoms with Gasteiger partial charge in [-0.1, -0.05) is 0 Å². The third-order valence-electron chi connectivity index (χ3n) is 2.98. The maximum atomic E-state index is 10.9. The van der Waals surface area contributed by atoms with E-state index in [1.165, 1.54) is 6.26 Å². The average Bonchev–Trinajstić information content (AvgIpc) is 2.77. The Kier molecular flexibility index (Phi) is 1.43. The molecule has 1 N–H and O–H groups in total. The number of furan rings is 1. The van der Waals surface area contributed by atoms with Crippen LogP contribution in [0.3, 0.4) is 0 Å².